The molecule has 1 heterocycles. The summed E-state index contributed by atoms with van der Waals surface area (Å²) >= 11 is 0. The molecular weight excluding hydrogens is 394 g/mol. The zero-order chi connectivity index (χ0) is 23.2. The average Bonchev–Trinajstić information content (AvgIpc) is 3.27. The summed E-state index contributed by atoms with van der Waals surface area (Å²) in [7, 11) is 0. The van der Waals surface area contributed by atoms with Crippen LogP contribution in [0.4, 0.5) is 9.59 Å². The first kappa shape index (κ1) is 25.8. The molecule has 2 amide bonds. The standard InChI is InChI=1S/C24H45N3O4/c1-8-26(21(28)30-23(2,3)4)16-11-15-25-19-13-9-12-18(19)20-14-10-17-27(20)22(29)31-24(5,6)7/h18-20,25H,8-17H2,1-7H3. The topological polar surface area (TPSA) is 71.1 Å². The molecule has 1 aliphatic carbocycles. The van der Waals surface area contributed by atoms with Crippen molar-refractivity contribution in [2.45, 2.75) is 110 Å². The van der Waals surface area contributed by atoms with E-state index in [4.69, 9.17) is 9.47 Å². The molecule has 3 unspecified atom stereocenters. The van der Waals surface area contributed by atoms with Crippen LogP contribution < -0.4 is 5.32 Å². The van der Waals surface area contributed by atoms with Gasteiger partial charge in [-0.2, -0.15) is 0 Å². The summed E-state index contributed by atoms with van der Waals surface area (Å²) in [5, 5.41) is 3.73. The Hall–Kier alpha value is -1.50. The molecule has 2 rings (SSSR count). The maximum absolute atomic E-state index is 12.7. The van der Waals surface area contributed by atoms with Gasteiger partial charge in [-0.3, -0.25) is 0 Å². The monoisotopic (exact) mass is 439 g/mol. The molecule has 0 radical (unpaired) electrons. The van der Waals surface area contributed by atoms with Gasteiger partial charge in [0, 0.05) is 31.7 Å². The van der Waals surface area contributed by atoms with Crippen LogP contribution in [0, 0.1) is 5.92 Å². The number of likely N-dealkylation sites (tertiary alicyclic amines) is 1. The summed E-state index contributed by atoms with van der Waals surface area (Å²) in [4.78, 5) is 28.7. The fourth-order valence-electron chi connectivity index (χ4n) is 4.75. The molecule has 1 aliphatic heterocycles. The van der Waals surface area contributed by atoms with Gasteiger partial charge in [0.25, 0.3) is 0 Å². The Morgan fingerprint density at radius 3 is 2.29 bits per heavy atom. The number of ether oxygens (including phenoxy) is 2. The van der Waals surface area contributed by atoms with Crippen molar-refractivity contribution in [3.8, 4) is 0 Å². The SMILES string of the molecule is CCN(CCCNC1CCCC1C1CCCN1C(=O)OC(C)(C)C)C(=O)OC(C)(C)C. The van der Waals surface area contributed by atoms with Gasteiger partial charge in [-0.1, -0.05) is 6.42 Å². The van der Waals surface area contributed by atoms with Crippen molar-refractivity contribution in [2.24, 2.45) is 5.92 Å². The maximum Gasteiger partial charge on any atom is 0.410 e. The van der Waals surface area contributed by atoms with E-state index in [9.17, 15) is 9.59 Å². The fraction of sp³-hybridized carbons (Fsp3) is 0.917. The van der Waals surface area contributed by atoms with Gasteiger partial charge >= 0.3 is 12.2 Å². The molecule has 2 aliphatic rings. The second-order valence-electron chi connectivity index (χ2n) is 11.0. The first-order valence-electron chi connectivity index (χ1n) is 12.1. The molecule has 1 saturated heterocycles. The summed E-state index contributed by atoms with van der Waals surface area (Å²) in [6, 6.07) is 0.688. The van der Waals surface area contributed by atoms with E-state index < -0.39 is 11.2 Å². The van der Waals surface area contributed by atoms with Crippen LogP contribution in [-0.4, -0.2) is 71.5 Å². The first-order valence-corrected chi connectivity index (χ1v) is 12.1. The number of hydrogen-bond donors (Lipinski definition) is 1. The third-order valence-corrected chi connectivity index (χ3v) is 6.04. The van der Waals surface area contributed by atoms with Crippen LogP contribution >= 0.6 is 0 Å². The molecule has 1 saturated carbocycles. The van der Waals surface area contributed by atoms with E-state index in [0.717, 1.165) is 45.2 Å². The molecule has 180 valence electrons. The molecule has 0 spiro atoms. The average molecular weight is 440 g/mol. The van der Waals surface area contributed by atoms with Crippen molar-refractivity contribution >= 4 is 12.2 Å². The highest BCUT2D eigenvalue weighted by molar-refractivity contribution is 5.69. The highest BCUT2D eigenvalue weighted by Crippen LogP contribution is 2.36. The van der Waals surface area contributed by atoms with Gasteiger partial charge < -0.3 is 24.6 Å². The van der Waals surface area contributed by atoms with Crippen LogP contribution in [0.15, 0.2) is 0 Å². The van der Waals surface area contributed by atoms with E-state index >= 15 is 0 Å². The van der Waals surface area contributed by atoms with Crippen LogP contribution in [0.3, 0.4) is 0 Å². The molecule has 3 atom stereocenters. The Kier molecular flexibility index (Phi) is 9.04. The number of nitrogens with zero attached hydrogens (tertiary/aromatic N) is 2. The third-order valence-electron chi connectivity index (χ3n) is 6.04. The Balaban J connectivity index is 1.83. The van der Waals surface area contributed by atoms with Crippen LogP contribution in [-0.2, 0) is 9.47 Å². The molecular formula is C24H45N3O4. The lowest BCUT2D eigenvalue weighted by atomic mass is 9.92. The molecule has 0 bridgehead atoms. The zero-order valence-corrected chi connectivity index (χ0v) is 20.8. The summed E-state index contributed by atoms with van der Waals surface area (Å²) in [5.41, 5.74) is -0.933. The van der Waals surface area contributed by atoms with Gasteiger partial charge in [0.15, 0.2) is 0 Å². The van der Waals surface area contributed by atoms with E-state index in [1.807, 2.05) is 53.4 Å². The highest BCUT2D eigenvalue weighted by atomic mass is 16.6. The number of carbonyl (C=O) groups is 2. The molecule has 7 heteroatoms. The fourth-order valence-corrected chi connectivity index (χ4v) is 4.75. The van der Waals surface area contributed by atoms with Gasteiger partial charge in [0.05, 0.1) is 0 Å². The van der Waals surface area contributed by atoms with Crippen LogP contribution in [0.5, 0.6) is 0 Å². The Labute approximate surface area is 189 Å². The van der Waals surface area contributed by atoms with Crippen molar-refractivity contribution in [1.29, 1.82) is 0 Å². The van der Waals surface area contributed by atoms with E-state index in [2.05, 4.69) is 5.32 Å². The van der Waals surface area contributed by atoms with Crippen LogP contribution in [0.1, 0.15) is 87.0 Å². The molecule has 0 aromatic heterocycles. The number of amides is 2. The summed E-state index contributed by atoms with van der Waals surface area (Å²) < 4.78 is 11.1. The second kappa shape index (κ2) is 10.9. The highest BCUT2D eigenvalue weighted by Gasteiger charge is 2.41. The van der Waals surface area contributed by atoms with Crippen molar-refractivity contribution < 1.29 is 19.1 Å². The molecule has 2 fully saturated rings. The minimum absolute atomic E-state index is 0.170. The summed E-state index contributed by atoms with van der Waals surface area (Å²) in [5.74, 6) is 0.475. The normalized spacial score (nSPS) is 24.4. The minimum atomic E-state index is -0.471. The third kappa shape index (κ3) is 8.17. The quantitative estimate of drug-likeness (QED) is 0.578. The lowest BCUT2D eigenvalue weighted by molar-refractivity contribution is 0.0166. The van der Waals surface area contributed by atoms with Crippen LogP contribution in [0.2, 0.25) is 0 Å². The van der Waals surface area contributed by atoms with Gasteiger partial charge in [-0.25, -0.2) is 9.59 Å². The Morgan fingerprint density at radius 1 is 1.00 bits per heavy atom. The number of hydrogen-bond acceptors (Lipinski definition) is 5. The van der Waals surface area contributed by atoms with Crippen molar-refractivity contribution in [3.05, 3.63) is 0 Å². The minimum Gasteiger partial charge on any atom is -0.444 e. The number of nitrogens with one attached hydrogen (secondary N) is 1. The Morgan fingerprint density at radius 2 is 1.68 bits per heavy atom. The van der Waals surface area contributed by atoms with E-state index in [1.54, 1.807) is 4.90 Å². The molecule has 0 aromatic rings. The zero-order valence-electron chi connectivity index (χ0n) is 20.8. The van der Waals surface area contributed by atoms with Gasteiger partial charge in [-0.15, -0.1) is 0 Å². The largest absolute Gasteiger partial charge is 0.444 e. The molecule has 1 N–H and O–H groups in total. The van der Waals surface area contributed by atoms with E-state index in [1.165, 1.54) is 6.42 Å². The van der Waals surface area contributed by atoms with Gasteiger partial charge in [0.1, 0.15) is 11.2 Å². The molecule has 0 aromatic carbocycles. The van der Waals surface area contributed by atoms with E-state index in [-0.39, 0.29) is 18.2 Å². The predicted octanol–water partition coefficient (Wildman–Crippen LogP) is 4.79. The number of carbonyl (C=O) groups excluding carboxylic acids is 2. The maximum atomic E-state index is 12.7. The lowest BCUT2D eigenvalue weighted by Gasteiger charge is -2.34. The van der Waals surface area contributed by atoms with Gasteiger partial charge in [-0.05, 0) is 93.0 Å². The summed E-state index contributed by atoms with van der Waals surface area (Å²) in [6.45, 7) is 16.4. The van der Waals surface area contributed by atoms with Crippen molar-refractivity contribution in [1.82, 2.24) is 15.1 Å². The van der Waals surface area contributed by atoms with Crippen molar-refractivity contribution in [2.75, 3.05) is 26.2 Å². The number of rotatable bonds is 7. The smallest absolute Gasteiger partial charge is 0.410 e. The Bertz CT molecular complexity index is 597. The summed E-state index contributed by atoms with van der Waals surface area (Å²) in [6.07, 6.45) is 6.08. The predicted molar refractivity (Wildman–Crippen MR) is 123 cm³/mol. The second-order valence-corrected chi connectivity index (χ2v) is 11.0. The van der Waals surface area contributed by atoms with Crippen molar-refractivity contribution in [3.63, 3.8) is 0 Å². The van der Waals surface area contributed by atoms with Gasteiger partial charge in [0.2, 0.25) is 0 Å². The van der Waals surface area contributed by atoms with Crippen LogP contribution in [0.25, 0.3) is 0 Å². The lowest BCUT2D eigenvalue weighted by Crippen LogP contribution is -2.48. The first-order chi connectivity index (χ1) is 14.4. The molecule has 31 heavy (non-hydrogen) atoms. The molecule has 7 nitrogen and oxygen atoms in total. The van der Waals surface area contributed by atoms with E-state index in [0.29, 0.717) is 25.0 Å².